The Bertz CT molecular complexity index is 322. The number of anilines is 2. The summed E-state index contributed by atoms with van der Waals surface area (Å²) in [6.45, 7) is 0. The number of alkyl halides is 3. The zero-order valence-corrected chi connectivity index (χ0v) is 7.52. The molecule has 0 fully saturated rings. The van der Waals surface area contributed by atoms with Crippen molar-refractivity contribution in [2.75, 3.05) is 18.1 Å². The van der Waals surface area contributed by atoms with E-state index < -0.39 is 12.6 Å². The van der Waals surface area contributed by atoms with E-state index in [0.717, 1.165) is 0 Å². The zero-order chi connectivity index (χ0) is 10.8. The lowest BCUT2D eigenvalue weighted by molar-refractivity contribution is -0.127. The van der Waals surface area contributed by atoms with E-state index in [1.165, 1.54) is 12.1 Å². The first-order valence-electron chi connectivity index (χ1n) is 3.92. The van der Waals surface area contributed by atoms with Crippen LogP contribution in [0.5, 0.6) is 0 Å². The Morgan fingerprint density at radius 1 is 1.43 bits per heavy atom. The van der Waals surface area contributed by atoms with Gasteiger partial charge in [0.15, 0.2) is 0 Å². The summed E-state index contributed by atoms with van der Waals surface area (Å²) in [6, 6.07) is 2.67. The molecule has 6 heteroatoms. The molecular weight excluding hydrogens is 195 g/mol. The van der Waals surface area contributed by atoms with Gasteiger partial charge in [0.2, 0.25) is 0 Å². The minimum absolute atomic E-state index is 0.0453. The van der Waals surface area contributed by atoms with Crippen LogP contribution in [0.2, 0.25) is 0 Å². The smallest absolute Gasteiger partial charge is 0.394 e. The summed E-state index contributed by atoms with van der Waals surface area (Å²) in [4.78, 5) is 3.72. The molecule has 0 aliphatic carbocycles. The van der Waals surface area contributed by atoms with E-state index in [4.69, 9.17) is 5.73 Å². The summed E-state index contributed by atoms with van der Waals surface area (Å²) in [5.41, 5.74) is 5.74. The molecule has 1 heterocycles. The minimum Gasteiger partial charge on any atom is -0.396 e. The summed E-state index contributed by atoms with van der Waals surface area (Å²) in [6.07, 6.45) is -5.28. The second-order valence-electron chi connectivity index (χ2n) is 2.78. The second kappa shape index (κ2) is 3.73. The maximum Gasteiger partial charge on any atom is 0.394 e. The van der Waals surface area contributed by atoms with E-state index in [2.05, 4.69) is 10.3 Å². The Labute approximate surface area is 79.1 Å². The highest BCUT2D eigenvalue weighted by atomic mass is 19.4. The highest BCUT2D eigenvalue weighted by molar-refractivity contribution is 5.60. The van der Waals surface area contributed by atoms with Crippen molar-refractivity contribution in [1.82, 2.24) is 4.98 Å². The van der Waals surface area contributed by atoms with Gasteiger partial charge >= 0.3 is 6.18 Å². The Balaban J connectivity index is 2.90. The number of pyridine rings is 1. The summed E-state index contributed by atoms with van der Waals surface area (Å²) in [7, 11) is 1.55. The molecule has 0 radical (unpaired) electrons. The lowest BCUT2D eigenvalue weighted by atomic mass is 10.2. The molecule has 0 aliphatic rings. The molecule has 1 aromatic rings. The van der Waals surface area contributed by atoms with Gasteiger partial charge in [-0.25, -0.2) is 4.98 Å². The third kappa shape index (κ3) is 2.79. The number of nitrogen functional groups attached to an aromatic ring is 1. The molecule has 1 aromatic heterocycles. The van der Waals surface area contributed by atoms with Crippen LogP contribution in [0.3, 0.4) is 0 Å². The fourth-order valence-electron chi connectivity index (χ4n) is 1.01. The van der Waals surface area contributed by atoms with Gasteiger partial charge in [-0.1, -0.05) is 0 Å². The third-order valence-corrected chi connectivity index (χ3v) is 1.60. The first kappa shape index (κ1) is 10.6. The van der Waals surface area contributed by atoms with E-state index >= 15 is 0 Å². The summed E-state index contributed by atoms with van der Waals surface area (Å²) in [5.74, 6) is 0.270. The highest BCUT2D eigenvalue weighted by Gasteiger charge is 2.28. The maximum absolute atomic E-state index is 12.0. The standard InChI is InChI=1S/C8H10F3N3/c1-13-7-6(12)3-2-5(14-7)4-8(9,10)11/h2-3H,4,12H2,1H3,(H,13,14). The predicted octanol–water partition coefficient (Wildman–Crippen LogP) is 1.81. The van der Waals surface area contributed by atoms with Gasteiger partial charge in [0.25, 0.3) is 0 Å². The van der Waals surface area contributed by atoms with Gasteiger partial charge in [-0.05, 0) is 12.1 Å². The molecule has 0 aliphatic heterocycles. The van der Waals surface area contributed by atoms with Crippen molar-refractivity contribution in [2.45, 2.75) is 12.6 Å². The van der Waals surface area contributed by atoms with Crippen LogP contribution in [0.1, 0.15) is 5.69 Å². The topological polar surface area (TPSA) is 50.9 Å². The average Bonchev–Trinajstić information content (AvgIpc) is 2.06. The lowest BCUT2D eigenvalue weighted by Crippen LogP contribution is -2.13. The first-order chi connectivity index (χ1) is 6.42. The molecule has 3 nitrogen and oxygen atoms in total. The van der Waals surface area contributed by atoms with Crippen molar-refractivity contribution in [3.63, 3.8) is 0 Å². The molecule has 14 heavy (non-hydrogen) atoms. The van der Waals surface area contributed by atoms with Crippen LogP contribution >= 0.6 is 0 Å². The largest absolute Gasteiger partial charge is 0.396 e. The third-order valence-electron chi connectivity index (χ3n) is 1.60. The first-order valence-corrected chi connectivity index (χ1v) is 3.92. The summed E-state index contributed by atoms with van der Waals surface area (Å²) in [5, 5.41) is 2.62. The van der Waals surface area contributed by atoms with Crippen molar-refractivity contribution < 1.29 is 13.2 Å². The van der Waals surface area contributed by atoms with Gasteiger partial charge in [0.05, 0.1) is 17.8 Å². The molecule has 1 rings (SSSR count). The van der Waals surface area contributed by atoms with Crippen LogP contribution in [0.25, 0.3) is 0 Å². The Hall–Kier alpha value is -1.46. The van der Waals surface area contributed by atoms with Crippen molar-refractivity contribution >= 4 is 11.5 Å². The maximum atomic E-state index is 12.0. The van der Waals surface area contributed by atoms with E-state index in [1.54, 1.807) is 7.05 Å². The quantitative estimate of drug-likeness (QED) is 0.774. The van der Waals surface area contributed by atoms with E-state index in [1.807, 2.05) is 0 Å². The van der Waals surface area contributed by atoms with Gasteiger partial charge in [-0.3, -0.25) is 0 Å². The molecule has 0 aromatic carbocycles. The lowest BCUT2D eigenvalue weighted by Gasteiger charge is -2.08. The molecule has 0 bridgehead atoms. The van der Waals surface area contributed by atoms with E-state index in [-0.39, 0.29) is 11.5 Å². The Morgan fingerprint density at radius 2 is 2.07 bits per heavy atom. The van der Waals surface area contributed by atoms with Gasteiger partial charge < -0.3 is 11.1 Å². The minimum atomic E-state index is -4.24. The van der Waals surface area contributed by atoms with Crippen LogP contribution in [-0.2, 0) is 6.42 Å². The van der Waals surface area contributed by atoms with Crippen LogP contribution in [0.4, 0.5) is 24.7 Å². The summed E-state index contributed by atoms with van der Waals surface area (Å²) < 4.78 is 36.0. The molecule has 0 spiro atoms. The average molecular weight is 205 g/mol. The number of hydrogen-bond donors (Lipinski definition) is 2. The highest BCUT2D eigenvalue weighted by Crippen LogP contribution is 2.22. The number of halogens is 3. The molecule has 3 N–H and O–H groups in total. The van der Waals surface area contributed by atoms with Crippen LogP contribution < -0.4 is 11.1 Å². The number of aromatic nitrogens is 1. The van der Waals surface area contributed by atoms with E-state index in [9.17, 15) is 13.2 Å². The molecule has 0 saturated carbocycles. The number of nitrogens with two attached hydrogens (primary N) is 1. The fraction of sp³-hybridized carbons (Fsp3) is 0.375. The molecule has 0 unspecified atom stereocenters. The Kier molecular flexibility index (Phi) is 2.83. The number of nitrogens with zero attached hydrogens (tertiary/aromatic N) is 1. The predicted molar refractivity (Wildman–Crippen MR) is 48.0 cm³/mol. The van der Waals surface area contributed by atoms with Crippen molar-refractivity contribution in [2.24, 2.45) is 0 Å². The van der Waals surface area contributed by atoms with Gasteiger partial charge in [-0.2, -0.15) is 13.2 Å². The van der Waals surface area contributed by atoms with Gasteiger partial charge in [0.1, 0.15) is 5.82 Å². The van der Waals surface area contributed by atoms with Crippen molar-refractivity contribution in [3.8, 4) is 0 Å². The molecular formula is C8H10F3N3. The second-order valence-corrected chi connectivity index (χ2v) is 2.78. The van der Waals surface area contributed by atoms with Gasteiger partial charge in [0, 0.05) is 7.05 Å². The number of nitrogens with one attached hydrogen (secondary N) is 1. The van der Waals surface area contributed by atoms with Crippen LogP contribution in [0.15, 0.2) is 12.1 Å². The molecule has 0 amide bonds. The van der Waals surface area contributed by atoms with Crippen LogP contribution in [-0.4, -0.2) is 18.2 Å². The van der Waals surface area contributed by atoms with E-state index in [0.29, 0.717) is 5.69 Å². The SMILES string of the molecule is CNc1nc(CC(F)(F)F)ccc1N. The normalized spacial score (nSPS) is 11.4. The molecule has 78 valence electrons. The summed E-state index contributed by atoms with van der Waals surface area (Å²) >= 11 is 0. The monoisotopic (exact) mass is 205 g/mol. The van der Waals surface area contributed by atoms with Crippen LogP contribution in [0, 0.1) is 0 Å². The number of hydrogen-bond acceptors (Lipinski definition) is 3. The van der Waals surface area contributed by atoms with Crippen molar-refractivity contribution in [3.05, 3.63) is 17.8 Å². The van der Waals surface area contributed by atoms with Gasteiger partial charge in [-0.15, -0.1) is 0 Å². The number of rotatable bonds is 2. The van der Waals surface area contributed by atoms with Crippen molar-refractivity contribution in [1.29, 1.82) is 0 Å². The zero-order valence-electron chi connectivity index (χ0n) is 7.52. The molecule has 0 saturated heterocycles. The fourth-order valence-corrected chi connectivity index (χ4v) is 1.01. The molecule has 0 atom stereocenters. The Morgan fingerprint density at radius 3 is 2.57 bits per heavy atom.